The second kappa shape index (κ2) is 4.83. The maximum absolute atomic E-state index is 11.7. The van der Waals surface area contributed by atoms with Crippen LogP contribution in [-0.4, -0.2) is 16.2 Å². The van der Waals surface area contributed by atoms with Crippen LogP contribution in [0, 0.1) is 0 Å². The molecule has 0 atom stereocenters. The zero-order valence-corrected chi connectivity index (χ0v) is 9.79. The van der Waals surface area contributed by atoms with Gasteiger partial charge in [0.1, 0.15) is 0 Å². The van der Waals surface area contributed by atoms with Gasteiger partial charge in [-0.3, -0.25) is 9.59 Å². The molecule has 1 aromatic rings. The van der Waals surface area contributed by atoms with Gasteiger partial charge in [-0.05, 0) is 25.3 Å². The quantitative estimate of drug-likeness (QED) is 0.757. The van der Waals surface area contributed by atoms with Crippen LogP contribution in [0.4, 0.5) is 0 Å². The van der Waals surface area contributed by atoms with Crippen molar-refractivity contribution in [1.82, 2.24) is 4.57 Å². The van der Waals surface area contributed by atoms with Crippen molar-refractivity contribution in [3.63, 3.8) is 0 Å². The Balaban J connectivity index is 2.46. The number of carbonyl (C=O) groups excluding carboxylic acids is 1. The zero-order valence-electron chi connectivity index (χ0n) is 9.04. The van der Waals surface area contributed by atoms with Crippen molar-refractivity contribution >= 4 is 17.4 Å². The average Bonchev–Trinajstić information content (AvgIpc) is 2.28. The monoisotopic (exact) mass is 239 g/mol. The number of rotatable bonds is 3. The summed E-state index contributed by atoms with van der Waals surface area (Å²) in [6.45, 7) is 0.610. The molecule has 2 rings (SSSR count). The Morgan fingerprint density at radius 2 is 2.06 bits per heavy atom. The molecule has 0 N–H and O–H groups in total. The van der Waals surface area contributed by atoms with E-state index in [9.17, 15) is 9.59 Å². The summed E-state index contributed by atoms with van der Waals surface area (Å²) in [5.41, 5.74) is 1.59. The van der Waals surface area contributed by atoms with E-state index in [1.165, 1.54) is 6.07 Å². The number of aromatic nitrogens is 1. The third-order valence-corrected chi connectivity index (χ3v) is 3.20. The van der Waals surface area contributed by atoms with Gasteiger partial charge in [0.15, 0.2) is 5.78 Å². The van der Waals surface area contributed by atoms with Crippen molar-refractivity contribution < 1.29 is 4.79 Å². The van der Waals surface area contributed by atoms with Crippen molar-refractivity contribution in [3.8, 4) is 0 Å². The number of ketones is 1. The third-order valence-electron chi connectivity index (χ3n) is 2.93. The van der Waals surface area contributed by atoms with Crippen molar-refractivity contribution in [3.05, 3.63) is 33.7 Å². The molecule has 0 amide bonds. The number of halogens is 1. The summed E-state index contributed by atoms with van der Waals surface area (Å²) in [6, 6.07) is 3.15. The minimum absolute atomic E-state index is 0.0291. The first-order chi connectivity index (χ1) is 7.74. The normalized spacial score (nSPS) is 14.9. The molecule has 0 saturated heterocycles. The van der Waals surface area contributed by atoms with Crippen LogP contribution in [0.3, 0.4) is 0 Å². The summed E-state index contributed by atoms with van der Waals surface area (Å²) in [5, 5.41) is 0. The van der Waals surface area contributed by atoms with Crippen molar-refractivity contribution in [2.45, 2.75) is 32.2 Å². The second-order valence-corrected chi connectivity index (χ2v) is 4.38. The lowest BCUT2D eigenvalue weighted by Crippen LogP contribution is -2.28. The molecule has 4 heteroatoms. The summed E-state index contributed by atoms with van der Waals surface area (Å²) in [5.74, 6) is 0.685. The standard InChI is InChI=1S/C12H14ClNO2/c13-7-2-8-14-10-3-1-4-11(15)9(10)5-6-12(14)16/h5-6H,1-4,7-8H2. The van der Waals surface area contributed by atoms with E-state index in [-0.39, 0.29) is 11.3 Å². The van der Waals surface area contributed by atoms with Gasteiger partial charge in [-0.15, -0.1) is 11.6 Å². The Morgan fingerprint density at radius 1 is 1.25 bits per heavy atom. The third kappa shape index (κ3) is 2.05. The Hall–Kier alpha value is -1.09. The number of hydrogen-bond acceptors (Lipinski definition) is 2. The first kappa shape index (κ1) is 11.4. The van der Waals surface area contributed by atoms with E-state index in [4.69, 9.17) is 11.6 Å². The summed E-state index contributed by atoms with van der Waals surface area (Å²) in [7, 11) is 0. The van der Waals surface area contributed by atoms with Gasteiger partial charge in [0, 0.05) is 36.2 Å². The minimum Gasteiger partial charge on any atom is -0.312 e. The van der Waals surface area contributed by atoms with E-state index in [0.29, 0.717) is 18.8 Å². The molecular weight excluding hydrogens is 226 g/mol. The Kier molecular flexibility index (Phi) is 3.44. The molecule has 1 aromatic heterocycles. The van der Waals surface area contributed by atoms with Crippen molar-refractivity contribution in [2.75, 3.05) is 5.88 Å². The van der Waals surface area contributed by atoms with Gasteiger partial charge in [-0.2, -0.15) is 0 Å². The molecule has 0 saturated carbocycles. The first-order valence-corrected chi connectivity index (χ1v) is 6.09. The van der Waals surface area contributed by atoms with E-state index >= 15 is 0 Å². The largest absolute Gasteiger partial charge is 0.312 e. The molecule has 0 aromatic carbocycles. The Bertz CT molecular complexity index is 465. The summed E-state index contributed by atoms with van der Waals surface area (Å²) in [4.78, 5) is 23.4. The Labute approximate surface area is 99.0 Å². The maximum Gasteiger partial charge on any atom is 0.250 e. The average molecular weight is 240 g/mol. The Morgan fingerprint density at radius 3 is 2.81 bits per heavy atom. The highest BCUT2D eigenvalue weighted by Gasteiger charge is 2.20. The molecule has 3 nitrogen and oxygen atoms in total. The van der Waals surface area contributed by atoms with Gasteiger partial charge in [0.05, 0.1) is 0 Å². The topological polar surface area (TPSA) is 39.1 Å². The van der Waals surface area contributed by atoms with Crippen LogP contribution in [0.15, 0.2) is 16.9 Å². The van der Waals surface area contributed by atoms with Crippen LogP contribution in [-0.2, 0) is 13.0 Å². The summed E-state index contributed by atoms with van der Waals surface area (Å²) < 4.78 is 1.70. The molecule has 16 heavy (non-hydrogen) atoms. The highest BCUT2D eigenvalue weighted by molar-refractivity contribution is 6.17. The number of carbonyl (C=O) groups is 1. The highest BCUT2D eigenvalue weighted by atomic mass is 35.5. The molecule has 1 aliphatic carbocycles. The zero-order chi connectivity index (χ0) is 11.5. The maximum atomic E-state index is 11.7. The van der Waals surface area contributed by atoms with Crippen LogP contribution < -0.4 is 5.56 Å². The van der Waals surface area contributed by atoms with E-state index in [0.717, 1.165) is 30.5 Å². The lowest BCUT2D eigenvalue weighted by molar-refractivity contribution is 0.0970. The summed E-state index contributed by atoms with van der Waals surface area (Å²) in [6.07, 6.45) is 3.02. The van der Waals surface area contributed by atoms with Crippen molar-refractivity contribution in [1.29, 1.82) is 0 Å². The fourth-order valence-corrected chi connectivity index (χ4v) is 2.28. The number of alkyl halides is 1. The molecule has 0 aliphatic heterocycles. The molecular formula is C12H14ClNO2. The summed E-state index contributed by atoms with van der Waals surface area (Å²) >= 11 is 5.63. The first-order valence-electron chi connectivity index (χ1n) is 5.56. The van der Waals surface area contributed by atoms with Crippen LogP contribution >= 0.6 is 11.6 Å². The number of nitrogens with zero attached hydrogens (tertiary/aromatic N) is 1. The number of Topliss-reactive ketones (excluding diaryl/α,β-unsaturated/α-hetero) is 1. The van der Waals surface area contributed by atoms with Crippen LogP contribution in [0.1, 0.15) is 35.3 Å². The highest BCUT2D eigenvalue weighted by Crippen LogP contribution is 2.19. The molecule has 86 valence electrons. The molecule has 0 bridgehead atoms. The molecule has 1 aliphatic rings. The second-order valence-electron chi connectivity index (χ2n) is 4.00. The van der Waals surface area contributed by atoms with Gasteiger partial charge in [-0.25, -0.2) is 0 Å². The SMILES string of the molecule is O=C1CCCc2c1ccc(=O)n2CCCCl. The minimum atomic E-state index is -0.0291. The van der Waals surface area contributed by atoms with Gasteiger partial charge in [0.25, 0.3) is 5.56 Å². The molecule has 0 radical (unpaired) electrons. The number of hydrogen-bond donors (Lipinski definition) is 0. The van der Waals surface area contributed by atoms with Gasteiger partial charge >= 0.3 is 0 Å². The molecule has 1 heterocycles. The van der Waals surface area contributed by atoms with E-state index in [2.05, 4.69) is 0 Å². The molecule has 0 spiro atoms. The fourth-order valence-electron chi connectivity index (χ4n) is 2.16. The van der Waals surface area contributed by atoms with Crippen molar-refractivity contribution in [2.24, 2.45) is 0 Å². The predicted molar refractivity (Wildman–Crippen MR) is 63.3 cm³/mol. The van der Waals surface area contributed by atoms with Crippen LogP contribution in [0.5, 0.6) is 0 Å². The number of pyridine rings is 1. The molecule has 0 fully saturated rings. The van der Waals surface area contributed by atoms with Gasteiger partial charge in [-0.1, -0.05) is 0 Å². The van der Waals surface area contributed by atoms with E-state index < -0.39 is 0 Å². The lowest BCUT2D eigenvalue weighted by Gasteiger charge is -2.19. The van der Waals surface area contributed by atoms with Crippen LogP contribution in [0.2, 0.25) is 0 Å². The lowest BCUT2D eigenvalue weighted by atomic mass is 9.94. The van der Waals surface area contributed by atoms with Gasteiger partial charge < -0.3 is 4.57 Å². The molecule has 0 unspecified atom stereocenters. The van der Waals surface area contributed by atoms with E-state index in [1.54, 1.807) is 10.6 Å². The number of fused-ring (bicyclic) bond motifs is 1. The predicted octanol–water partition coefficient (Wildman–Crippen LogP) is 2.00. The fraction of sp³-hybridized carbons (Fsp3) is 0.500. The van der Waals surface area contributed by atoms with Gasteiger partial charge in [0.2, 0.25) is 0 Å². The van der Waals surface area contributed by atoms with E-state index in [1.807, 2.05) is 0 Å². The van der Waals surface area contributed by atoms with Crippen LogP contribution in [0.25, 0.3) is 0 Å². The smallest absolute Gasteiger partial charge is 0.250 e.